The van der Waals surface area contributed by atoms with Crippen LogP contribution in [0.3, 0.4) is 0 Å². The predicted octanol–water partition coefficient (Wildman–Crippen LogP) is 4.66. The first-order valence-corrected chi connectivity index (χ1v) is 9.40. The molecule has 0 saturated carbocycles. The molecule has 136 valence electrons. The molecule has 0 saturated heterocycles. The second-order valence-corrected chi connectivity index (χ2v) is 6.67. The van der Waals surface area contributed by atoms with Crippen LogP contribution >= 0.6 is 11.6 Å². The van der Waals surface area contributed by atoms with Gasteiger partial charge in [-0.25, -0.2) is 0 Å². The molecule has 0 heterocycles. The van der Waals surface area contributed by atoms with Gasteiger partial charge in [0.05, 0.1) is 0 Å². The number of nitrogens with zero attached hydrogens (tertiary/aromatic N) is 1. The van der Waals surface area contributed by atoms with Gasteiger partial charge in [0.1, 0.15) is 12.4 Å². The Morgan fingerprint density at radius 2 is 1.88 bits per heavy atom. The standard InChI is InChI=1S/C21H29ClN2O/c1-4-24(5-2)12-11-23-15-19-14-20(22)9-10-21(19)25-16-18-8-6-7-17(3)13-18/h6-10,13-14,23H,4-5,11-12,15-16H2,1-3H3. The van der Waals surface area contributed by atoms with Crippen LogP contribution in [-0.4, -0.2) is 31.1 Å². The summed E-state index contributed by atoms with van der Waals surface area (Å²) in [6.45, 7) is 12.0. The third kappa shape index (κ3) is 6.69. The Morgan fingerprint density at radius 3 is 2.60 bits per heavy atom. The molecule has 0 aromatic heterocycles. The van der Waals surface area contributed by atoms with Crippen molar-refractivity contribution in [3.05, 3.63) is 64.2 Å². The lowest BCUT2D eigenvalue weighted by molar-refractivity contribution is 0.295. The van der Waals surface area contributed by atoms with Crippen molar-refractivity contribution in [3.63, 3.8) is 0 Å². The fraction of sp³-hybridized carbons (Fsp3) is 0.429. The van der Waals surface area contributed by atoms with E-state index in [1.54, 1.807) is 0 Å². The van der Waals surface area contributed by atoms with Crippen molar-refractivity contribution >= 4 is 11.6 Å². The highest BCUT2D eigenvalue weighted by molar-refractivity contribution is 6.30. The number of benzene rings is 2. The summed E-state index contributed by atoms with van der Waals surface area (Å²) in [6, 6.07) is 14.2. The van der Waals surface area contributed by atoms with Crippen LogP contribution in [0.1, 0.15) is 30.5 Å². The van der Waals surface area contributed by atoms with Crippen LogP contribution in [-0.2, 0) is 13.2 Å². The van der Waals surface area contributed by atoms with Gasteiger partial charge >= 0.3 is 0 Å². The minimum atomic E-state index is 0.565. The average Bonchev–Trinajstić information content (AvgIpc) is 2.61. The third-order valence-electron chi connectivity index (χ3n) is 4.31. The number of ether oxygens (including phenoxy) is 1. The highest BCUT2D eigenvalue weighted by atomic mass is 35.5. The Bertz CT molecular complexity index is 656. The molecule has 2 aromatic rings. The molecule has 0 bridgehead atoms. The Balaban J connectivity index is 1.92. The lowest BCUT2D eigenvalue weighted by atomic mass is 10.1. The number of aryl methyl sites for hydroxylation is 1. The minimum Gasteiger partial charge on any atom is -0.489 e. The summed E-state index contributed by atoms with van der Waals surface area (Å²) in [6.07, 6.45) is 0. The van der Waals surface area contributed by atoms with Crippen molar-refractivity contribution in [2.45, 2.75) is 33.9 Å². The number of likely N-dealkylation sites (N-methyl/N-ethyl adjacent to an activating group) is 1. The summed E-state index contributed by atoms with van der Waals surface area (Å²) in [5, 5.41) is 4.23. The van der Waals surface area contributed by atoms with Gasteiger partial charge in [0.25, 0.3) is 0 Å². The number of rotatable bonds is 10. The summed E-state index contributed by atoms with van der Waals surface area (Å²) >= 11 is 6.17. The van der Waals surface area contributed by atoms with Gasteiger partial charge in [0, 0.05) is 30.2 Å². The first-order chi connectivity index (χ1) is 12.1. The molecule has 4 heteroatoms. The summed E-state index contributed by atoms with van der Waals surface area (Å²) in [5.74, 6) is 0.890. The zero-order valence-electron chi connectivity index (χ0n) is 15.5. The minimum absolute atomic E-state index is 0.565. The number of hydrogen-bond acceptors (Lipinski definition) is 3. The van der Waals surface area contributed by atoms with Crippen molar-refractivity contribution in [2.24, 2.45) is 0 Å². The summed E-state index contributed by atoms with van der Waals surface area (Å²) in [5.41, 5.74) is 3.52. The predicted molar refractivity (Wildman–Crippen MR) is 106 cm³/mol. The normalized spacial score (nSPS) is 11.1. The molecule has 2 rings (SSSR count). The van der Waals surface area contributed by atoms with Crippen molar-refractivity contribution in [1.29, 1.82) is 0 Å². The van der Waals surface area contributed by atoms with Crippen molar-refractivity contribution < 1.29 is 4.74 Å². The fourth-order valence-corrected chi connectivity index (χ4v) is 2.98. The summed E-state index contributed by atoms with van der Waals surface area (Å²) in [7, 11) is 0. The quantitative estimate of drug-likeness (QED) is 0.624. The van der Waals surface area contributed by atoms with Crippen molar-refractivity contribution in [3.8, 4) is 5.75 Å². The van der Waals surface area contributed by atoms with Crippen molar-refractivity contribution in [2.75, 3.05) is 26.2 Å². The van der Waals surface area contributed by atoms with Crippen molar-refractivity contribution in [1.82, 2.24) is 10.2 Å². The molecule has 0 aliphatic heterocycles. The van der Waals surface area contributed by atoms with E-state index in [-0.39, 0.29) is 0 Å². The maximum atomic E-state index is 6.17. The van der Waals surface area contributed by atoms with Gasteiger partial charge in [-0.15, -0.1) is 0 Å². The van der Waals surface area contributed by atoms with E-state index < -0.39 is 0 Å². The van der Waals surface area contributed by atoms with Crippen LogP contribution in [0.15, 0.2) is 42.5 Å². The van der Waals surface area contributed by atoms with E-state index in [4.69, 9.17) is 16.3 Å². The average molecular weight is 361 g/mol. The lowest BCUT2D eigenvalue weighted by Crippen LogP contribution is -2.31. The van der Waals surface area contributed by atoms with E-state index in [1.165, 1.54) is 11.1 Å². The topological polar surface area (TPSA) is 24.5 Å². The lowest BCUT2D eigenvalue weighted by Gasteiger charge is -2.18. The molecule has 25 heavy (non-hydrogen) atoms. The van der Waals surface area contributed by atoms with E-state index in [0.29, 0.717) is 6.61 Å². The molecule has 0 aliphatic carbocycles. The Labute approximate surface area is 156 Å². The smallest absolute Gasteiger partial charge is 0.124 e. The summed E-state index contributed by atoms with van der Waals surface area (Å²) in [4.78, 5) is 2.40. The zero-order chi connectivity index (χ0) is 18.1. The van der Waals surface area contributed by atoms with Gasteiger partial charge in [0.2, 0.25) is 0 Å². The van der Waals surface area contributed by atoms with Gasteiger partial charge in [-0.05, 0) is 43.8 Å². The molecule has 0 unspecified atom stereocenters. The number of nitrogens with one attached hydrogen (secondary N) is 1. The molecule has 3 nitrogen and oxygen atoms in total. The number of hydrogen-bond donors (Lipinski definition) is 1. The van der Waals surface area contributed by atoms with E-state index in [9.17, 15) is 0 Å². The highest BCUT2D eigenvalue weighted by Crippen LogP contribution is 2.24. The highest BCUT2D eigenvalue weighted by Gasteiger charge is 2.06. The van der Waals surface area contributed by atoms with E-state index in [0.717, 1.165) is 49.1 Å². The molecule has 0 fully saturated rings. The van der Waals surface area contributed by atoms with E-state index in [2.05, 4.69) is 55.3 Å². The molecule has 1 N–H and O–H groups in total. The molecule has 0 atom stereocenters. The monoisotopic (exact) mass is 360 g/mol. The second kappa shape index (κ2) is 10.4. The second-order valence-electron chi connectivity index (χ2n) is 6.23. The molecular formula is C21H29ClN2O. The fourth-order valence-electron chi connectivity index (χ4n) is 2.79. The SMILES string of the molecule is CCN(CC)CCNCc1cc(Cl)ccc1OCc1cccc(C)c1. The first kappa shape index (κ1) is 19.8. The Hall–Kier alpha value is -1.55. The van der Waals surface area contributed by atoms with Crippen LogP contribution in [0.5, 0.6) is 5.75 Å². The third-order valence-corrected chi connectivity index (χ3v) is 4.55. The maximum absolute atomic E-state index is 6.17. The van der Waals surface area contributed by atoms with Gasteiger partial charge in [-0.3, -0.25) is 0 Å². The Morgan fingerprint density at radius 1 is 1.08 bits per heavy atom. The van der Waals surface area contributed by atoms with Crippen LogP contribution in [0, 0.1) is 6.92 Å². The van der Waals surface area contributed by atoms with Crippen LogP contribution in [0.2, 0.25) is 5.02 Å². The summed E-state index contributed by atoms with van der Waals surface area (Å²) < 4.78 is 6.04. The van der Waals surface area contributed by atoms with E-state index in [1.807, 2.05) is 18.2 Å². The van der Waals surface area contributed by atoms with Crippen LogP contribution in [0.4, 0.5) is 0 Å². The molecular weight excluding hydrogens is 332 g/mol. The number of halogens is 1. The molecule has 0 spiro atoms. The van der Waals surface area contributed by atoms with Gasteiger partial charge in [0.15, 0.2) is 0 Å². The maximum Gasteiger partial charge on any atom is 0.124 e. The van der Waals surface area contributed by atoms with Gasteiger partial charge < -0.3 is 15.0 Å². The molecule has 2 aromatic carbocycles. The van der Waals surface area contributed by atoms with Crippen LogP contribution < -0.4 is 10.1 Å². The largest absolute Gasteiger partial charge is 0.489 e. The van der Waals surface area contributed by atoms with E-state index >= 15 is 0 Å². The molecule has 0 aliphatic rings. The molecule has 0 radical (unpaired) electrons. The Kier molecular flexibility index (Phi) is 8.26. The van der Waals surface area contributed by atoms with Crippen LogP contribution in [0.25, 0.3) is 0 Å². The first-order valence-electron chi connectivity index (χ1n) is 9.02. The molecule has 0 amide bonds. The van der Waals surface area contributed by atoms with Gasteiger partial charge in [-0.2, -0.15) is 0 Å². The van der Waals surface area contributed by atoms with Gasteiger partial charge in [-0.1, -0.05) is 55.3 Å². The zero-order valence-corrected chi connectivity index (χ0v) is 16.3.